The maximum atomic E-state index is 12.3. The van der Waals surface area contributed by atoms with Gasteiger partial charge in [0.05, 0.1) is 17.7 Å². The molecule has 22 heavy (non-hydrogen) atoms. The SMILES string of the molecule is COc1ccccc1C(=O)Oc1c(Cl)cc(Cl)cc1C(C)=O. The van der Waals surface area contributed by atoms with Gasteiger partial charge >= 0.3 is 5.97 Å². The smallest absolute Gasteiger partial charge is 0.347 e. The lowest BCUT2D eigenvalue weighted by Crippen LogP contribution is -2.12. The zero-order chi connectivity index (χ0) is 16.3. The first kappa shape index (κ1) is 16.3. The minimum absolute atomic E-state index is 0.0190. The Morgan fingerprint density at radius 2 is 1.73 bits per heavy atom. The van der Waals surface area contributed by atoms with Gasteiger partial charge in [0.15, 0.2) is 11.5 Å². The number of methoxy groups -OCH3 is 1. The Hall–Kier alpha value is -2.04. The van der Waals surface area contributed by atoms with Gasteiger partial charge in [0.25, 0.3) is 0 Å². The Labute approximate surface area is 137 Å². The van der Waals surface area contributed by atoms with Gasteiger partial charge in [-0.3, -0.25) is 4.79 Å². The topological polar surface area (TPSA) is 52.6 Å². The van der Waals surface area contributed by atoms with Crippen molar-refractivity contribution in [2.75, 3.05) is 7.11 Å². The van der Waals surface area contributed by atoms with E-state index >= 15 is 0 Å². The second-order valence-corrected chi connectivity index (χ2v) is 5.25. The average Bonchev–Trinajstić information content (AvgIpc) is 2.49. The summed E-state index contributed by atoms with van der Waals surface area (Å²) in [4.78, 5) is 24.0. The monoisotopic (exact) mass is 338 g/mol. The first-order chi connectivity index (χ1) is 10.4. The number of hydrogen-bond acceptors (Lipinski definition) is 4. The summed E-state index contributed by atoms with van der Waals surface area (Å²) in [5.74, 6) is -0.646. The van der Waals surface area contributed by atoms with Crippen LogP contribution in [0.5, 0.6) is 11.5 Å². The predicted octanol–water partition coefficient (Wildman–Crippen LogP) is 4.42. The molecular formula is C16H12Cl2O4. The van der Waals surface area contributed by atoms with Crippen molar-refractivity contribution in [2.45, 2.75) is 6.92 Å². The van der Waals surface area contributed by atoms with E-state index < -0.39 is 5.97 Å². The van der Waals surface area contributed by atoms with Crippen LogP contribution in [0.3, 0.4) is 0 Å². The molecule has 0 bridgehead atoms. The molecule has 0 spiro atoms. The molecule has 0 aliphatic carbocycles. The molecule has 0 saturated heterocycles. The van der Waals surface area contributed by atoms with Gasteiger partial charge in [-0.15, -0.1) is 0 Å². The largest absolute Gasteiger partial charge is 0.496 e. The molecule has 0 saturated carbocycles. The van der Waals surface area contributed by atoms with Crippen molar-refractivity contribution >= 4 is 35.0 Å². The standard InChI is InChI=1S/C16H12Cl2O4/c1-9(19)12-7-10(17)8-13(18)15(12)22-16(20)11-5-3-4-6-14(11)21-2/h3-8H,1-2H3. The number of ketones is 1. The number of carbonyl (C=O) groups is 2. The first-order valence-corrected chi connectivity index (χ1v) is 7.04. The molecule has 0 aliphatic heterocycles. The van der Waals surface area contributed by atoms with E-state index in [1.165, 1.54) is 26.2 Å². The van der Waals surface area contributed by atoms with Crippen LogP contribution in [0.1, 0.15) is 27.6 Å². The van der Waals surface area contributed by atoms with Gasteiger partial charge in [-0.1, -0.05) is 35.3 Å². The third-order valence-electron chi connectivity index (χ3n) is 2.91. The molecule has 0 fully saturated rings. The second-order valence-electron chi connectivity index (χ2n) is 4.41. The van der Waals surface area contributed by atoms with Crippen LogP contribution in [0.15, 0.2) is 36.4 Å². The van der Waals surface area contributed by atoms with Crippen LogP contribution in [-0.2, 0) is 0 Å². The zero-order valence-corrected chi connectivity index (χ0v) is 13.4. The highest BCUT2D eigenvalue weighted by Crippen LogP contribution is 2.34. The van der Waals surface area contributed by atoms with Crippen LogP contribution in [0, 0.1) is 0 Å². The molecule has 0 aliphatic rings. The summed E-state index contributed by atoms with van der Waals surface area (Å²) in [6, 6.07) is 9.39. The third kappa shape index (κ3) is 3.40. The Balaban J connectivity index is 2.42. The van der Waals surface area contributed by atoms with E-state index in [0.29, 0.717) is 5.75 Å². The first-order valence-electron chi connectivity index (χ1n) is 6.29. The van der Waals surface area contributed by atoms with Gasteiger partial charge in [-0.25, -0.2) is 4.79 Å². The molecule has 0 heterocycles. The average molecular weight is 339 g/mol. The van der Waals surface area contributed by atoms with Gasteiger partial charge in [0, 0.05) is 5.02 Å². The van der Waals surface area contributed by atoms with Crippen molar-refractivity contribution < 1.29 is 19.1 Å². The van der Waals surface area contributed by atoms with E-state index in [9.17, 15) is 9.59 Å². The van der Waals surface area contributed by atoms with Crippen molar-refractivity contribution in [2.24, 2.45) is 0 Å². The van der Waals surface area contributed by atoms with E-state index in [1.54, 1.807) is 24.3 Å². The fourth-order valence-electron chi connectivity index (χ4n) is 1.89. The highest BCUT2D eigenvalue weighted by Gasteiger charge is 2.20. The molecule has 0 atom stereocenters. The lowest BCUT2D eigenvalue weighted by atomic mass is 10.1. The predicted molar refractivity (Wildman–Crippen MR) is 84.4 cm³/mol. The lowest BCUT2D eigenvalue weighted by Gasteiger charge is -2.12. The number of ether oxygens (including phenoxy) is 2. The van der Waals surface area contributed by atoms with E-state index in [1.807, 2.05) is 0 Å². The number of halogens is 2. The molecule has 2 aromatic rings. The van der Waals surface area contributed by atoms with Crippen LogP contribution in [0.25, 0.3) is 0 Å². The van der Waals surface area contributed by atoms with Crippen molar-refractivity contribution in [3.8, 4) is 11.5 Å². The van der Waals surface area contributed by atoms with Crippen LogP contribution in [0.2, 0.25) is 10.0 Å². The highest BCUT2D eigenvalue weighted by atomic mass is 35.5. The van der Waals surface area contributed by atoms with Crippen LogP contribution < -0.4 is 9.47 Å². The molecule has 4 nitrogen and oxygen atoms in total. The van der Waals surface area contributed by atoms with Crippen LogP contribution >= 0.6 is 23.2 Å². The van der Waals surface area contributed by atoms with Crippen LogP contribution in [0.4, 0.5) is 0 Å². The van der Waals surface area contributed by atoms with E-state index in [4.69, 9.17) is 32.7 Å². The molecule has 0 radical (unpaired) electrons. The van der Waals surface area contributed by atoms with Crippen molar-refractivity contribution in [1.29, 1.82) is 0 Å². The maximum absolute atomic E-state index is 12.3. The fourth-order valence-corrected chi connectivity index (χ4v) is 2.42. The second kappa shape index (κ2) is 6.81. The molecule has 2 rings (SSSR count). The van der Waals surface area contributed by atoms with E-state index in [-0.39, 0.29) is 32.7 Å². The third-order valence-corrected chi connectivity index (χ3v) is 3.41. The summed E-state index contributed by atoms with van der Waals surface area (Å²) in [6.45, 7) is 1.34. The summed E-state index contributed by atoms with van der Waals surface area (Å²) in [7, 11) is 1.45. The normalized spacial score (nSPS) is 10.2. The summed E-state index contributed by atoms with van der Waals surface area (Å²) in [5.41, 5.74) is 0.367. The Morgan fingerprint density at radius 1 is 1.05 bits per heavy atom. The molecule has 114 valence electrons. The Kier molecular flexibility index (Phi) is 5.06. The van der Waals surface area contributed by atoms with Gasteiger partial charge in [0.2, 0.25) is 0 Å². The molecular weight excluding hydrogens is 327 g/mol. The summed E-state index contributed by atoms with van der Waals surface area (Å²) >= 11 is 11.9. The quantitative estimate of drug-likeness (QED) is 0.470. The van der Waals surface area contributed by atoms with E-state index in [2.05, 4.69) is 0 Å². The number of Topliss-reactive ketones (excluding diaryl/α,β-unsaturated/α-hetero) is 1. The summed E-state index contributed by atoms with van der Waals surface area (Å²) in [5, 5.41) is 0.369. The molecule has 2 aromatic carbocycles. The van der Waals surface area contributed by atoms with Crippen molar-refractivity contribution in [1.82, 2.24) is 0 Å². The van der Waals surface area contributed by atoms with E-state index in [0.717, 1.165) is 0 Å². The number of hydrogen-bond donors (Lipinski definition) is 0. The highest BCUT2D eigenvalue weighted by molar-refractivity contribution is 6.36. The number of para-hydroxylation sites is 1. The Bertz CT molecular complexity index is 741. The zero-order valence-electron chi connectivity index (χ0n) is 11.9. The number of benzene rings is 2. The molecule has 0 aromatic heterocycles. The Morgan fingerprint density at radius 3 is 2.36 bits per heavy atom. The summed E-state index contributed by atoms with van der Waals surface area (Å²) < 4.78 is 10.4. The van der Waals surface area contributed by atoms with Crippen LogP contribution in [-0.4, -0.2) is 18.9 Å². The number of rotatable bonds is 4. The van der Waals surface area contributed by atoms with Gasteiger partial charge in [-0.05, 0) is 31.2 Å². The van der Waals surface area contributed by atoms with Gasteiger partial charge < -0.3 is 9.47 Å². The van der Waals surface area contributed by atoms with Crippen molar-refractivity contribution in [3.05, 3.63) is 57.6 Å². The van der Waals surface area contributed by atoms with Crippen molar-refractivity contribution in [3.63, 3.8) is 0 Å². The number of esters is 1. The lowest BCUT2D eigenvalue weighted by molar-refractivity contribution is 0.0729. The molecule has 0 unspecified atom stereocenters. The number of carbonyl (C=O) groups excluding carboxylic acids is 2. The molecule has 6 heteroatoms. The molecule has 0 amide bonds. The fraction of sp³-hybridized carbons (Fsp3) is 0.125. The summed E-state index contributed by atoms with van der Waals surface area (Å²) in [6.07, 6.45) is 0. The van der Waals surface area contributed by atoms with Gasteiger partial charge in [-0.2, -0.15) is 0 Å². The molecule has 0 N–H and O–H groups in total. The minimum atomic E-state index is -0.677. The minimum Gasteiger partial charge on any atom is -0.496 e. The van der Waals surface area contributed by atoms with Gasteiger partial charge in [0.1, 0.15) is 11.3 Å². The maximum Gasteiger partial charge on any atom is 0.347 e.